The predicted octanol–water partition coefficient (Wildman–Crippen LogP) is 3.41. The molecule has 1 aliphatic heterocycles. The minimum atomic E-state index is -4.67. The molecule has 0 radical (unpaired) electrons. The maximum absolute atomic E-state index is 12.6. The van der Waals surface area contributed by atoms with E-state index < -0.39 is 43.2 Å². The molecule has 41 heavy (non-hydrogen) atoms. The fourth-order valence-corrected chi connectivity index (χ4v) is 4.66. The van der Waals surface area contributed by atoms with Crippen molar-refractivity contribution in [2.24, 2.45) is 0 Å². The highest BCUT2D eigenvalue weighted by Crippen LogP contribution is 2.34. The van der Waals surface area contributed by atoms with Crippen LogP contribution in [0.4, 0.5) is 19.0 Å². The Morgan fingerprint density at radius 3 is 2.66 bits per heavy atom. The molecule has 1 saturated heterocycles. The first-order valence-electron chi connectivity index (χ1n) is 12.1. The van der Waals surface area contributed by atoms with Crippen molar-refractivity contribution >= 4 is 46.1 Å². The highest BCUT2D eigenvalue weighted by atomic mass is 35.5. The van der Waals surface area contributed by atoms with Crippen LogP contribution in [0.1, 0.15) is 17.4 Å². The number of hydrogen-bond donors (Lipinski definition) is 4. The molecule has 1 aliphatic rings. The molecular weight excluding hydrogens is 590 g/mol. The van der Waals surface area contributed by atoms with Crippen LogP contribution in [0.2, 0.25) is 10.0 Å². The number of anilines is 1. The minimum Gasteiger partial charge on any atom is -0.387 e. The van der Waals surface area contributed by atoms with Crippen molar-refractivity contribution in [1.82, 2.24) is 29.8 Å². The minimum absolute atomic E-state index is 0.125. The molecule has 1 aromatic carbocycles. The summed E-state index contributed by atoms with van der Waals surface area (Å²) in [6.07, 6.45) is -7.24. The number of nitrogens with one attached hydrogen (secondary N) is 2. The Labute approximate surface area is 240 Å². The van der Waals surface area contributed by atoms with Gasteiger partial charge in [-0.3, -0.25) is 14.3 Å². The van der Waals surface area contributed by atoms with Gasteiger partial charge in [-0.2, -0.15) is 13.2 Å². The number of alkyl halides is 3. The summed E-state index contributed by atoms with van der Waals surface area (Å²) >= 11 is 12.5. The van der Waals surface area contributed by atoms with Gasteiger partial charge in [-0.25, -0.2) is 15.0 Å². The summed E-state index contributed by atoms with van der Waals surface area (Å²) in [7, 11) is 0. The molecule has 16 heteroatoms. The molecule has 1 fully saturated rings. The second kappa shape index (κ2) is 11.4. The van der Waals surface area contributed by atoms with Gasteiger partial charge >= 0.3 is 6.18 Å². The number of halogens is 5. The molecule has 4 N–H and O–H groups in total. The zero-order valence-corrected chi connectivity index (χ0v) is 22.6. The van der Waals surface area contributed by atoms with Crippen LogP contribution in [-0.4, -0.2) is 71.7 Å². The summed E-state index contributed by atoms with van der Waals surface area (Å²) in [5.41, 5.74) is 2.59. The second-order valence-corrected chi connectivity index (χ2v) is 10.2. The Hall–Kier alpha value is -3.56. The Morgan fingerprint density at radius 1 is 1.15 bits per heavy atom. The first-order valence-corrected chi connectivity index (χ1v) is 12.9. The monoisotopic (exact) mass is 611 g/mol. The van der Waals surface area contributed by atoms with E-state index in [1.54, 1.807) is 17.4 Å². The van der Waals surface area contributed by atoms with Gasteiger partial charge in [0.1, 0.15) is 18.8 Å². The van der Waals surface area contributed by atoms with E-state index in [0.717, 1.165) is 11.1 Å². The van der Waals surface area contributed by atoms with Gasteiger partial charge < -0.3 is 25.6 Å². The molecule has 0 bridgehead atoms. The van der Waals surface area contributed by atoms with Crippen LogP contribution >= 0.6 is 23.2 Å². The van der Waals surface area contributed by atoms with Crippen LogP contribution in [0, 0.1) is 6.92 Å². The average molecular weight is 612 g/mol. The van der Waals surface area contributed by atoms with Crippen molar-refractivity contribution in [2.75, 3.05) is 11.9 Å². The van der Waals surface area contributed by atoms with Crippen molar-refractivity contribution < 1.29 is 32.9 Å². The maximum atomic E-state index is 12.6. The van der Waals surface area contributed by atoms with E-state index in [4.69, 9.17) is 27.9 Å². The Bertz CT molecular complexity index is 1600. The number of carbonyl (C=O) groups is 1. The van der Waals surface area contributed by atoms with E-state index in [-0.39, 0.29) is 29.4 Å². The van der Waals surface area contributed by atoms with Gasteiger partial charge in [-0.05, 0) is 24.6 Å². The van der Waals surface area contributed by atoms with Gasteiger partial charge in [0.2, 0.25) is 0 Å². The number of amides is 1. The molecule has 0 aliphatic carbocycles. The molecule has 0 spiro atoms. The van der Waals surface area contributed by atoms with Gasteiger partial charge in [-0.15, -0.1) is 0 Å². The fourth-order valence-electron chi connectivity index (χ4n) is 4.30. The highest BCUT2D eigenvalue weighted by Gasteiger charge is 2.48. The Balaban J connectivity index is 1.52. The van der Waals surface area contributed by atoms with E-state index in [1.807, 2.05) is 19.1 Å². The van der Waals surface area contributed by atoms with E-state index in [1.165, 1.54) is 23.3 Å². The third-order valence-corrected chi connectivity index (χ3v) is 6.84. The molecule has 3 aromatic heterocycles. The van der Waals surface area contributed by atoms with Gasteiger partial charge in [0, 0.05) is 29.5 Å². The smallest absolute Gasteiger partial charge is 0.387 e. The summed E-state index contributed by atoms with van der Waals surface area (Å²) in [6, 6.07) is 7.14. The van der Waals surface area contributed by atoms with Gasteiger partial charge in [0.05, 0.1) is 11.3 Å². The largest absolute Gasteiger partial charge is 0.405 e. The van der Waals surface area contributed by atoms with Crippen molar-refractivity contribution in [2.45, 2.75) is 44.2 Å². The summed E-state index contributed by atoms with van der Waals surface area (Å²) in [4.78, 5) is 29.9. The molecular formula is C25H22Cl2F3N7O4. The van der Waals surface area contributed by atoms with E-state index in [0.29, 0.717) is 15.6 Å². The third-order valence-electron chi connectivity index (χ3n) is 6.27. The van der Waals surface area contributed by atoms with Crippen LogP contribution in [0.15, 0.2) is 43.0 Å². The van der Waals surface area contributed by atoms with E-state index in [2.05, 4.69) is 25.3 Å². The normalized spacial score (nSPS) is 20.9. The van der Waals surface area contributed by atoms with Crippen LogP contribution in [0.5, 0.6) is 0 Å². The number of fused-ring (bicyclic) bond motifs is 1. The lowest BCUT2D eigenvalue weighted by atomic mass is 10.1. The number of ether oxygens (including phenoxy) is 1. The SMILES string of the molecule is Cc1ccc(Cl)c(CNc2nc(-c3cncc(Cl)c3)nc3c2ncn3[C@@H]2O[C@H](C(=O)NCC(F)(F)F)[C@@H](O)[C@H]2O)c1. The maximum Gasteiger partial charge on any atom is 0.405 e. The molecule has 11 nitrogen and oxygen atoms in total. The number of imidazole rings is 1. The van der Waals surface area contributed by atoms with Crippen LogP contribution in [0.25, 0.3) is 22.6 Å². The van der Waals surface area contributed by atoms with Gasteiger partial charge in [0.25, 0.3) is 5.91 Å². The zero-order valence-electron chi connectivity index (χ0n) is 21.1. The summed E-state index contributed by atoms with van der Waals surface area (Å²) in [5.74, 6) is -0.799. The molecule has 5 rings (SSSR count). The molecule has 4 atom stereocenters. The quantitative estimate of drug-likeness (QED) is 0.247. The predicted molar refractivity (Wildman–Crippen MR) is 142 cm³/mol. The van der Waals surface area contributed by atoms with Crippen molar-refractivity contribution in [1.29, 1.82) is 0 Å². The summed E-state index contributed by atoms with van der Waals surface area (Å²) in [6.45, 7) is 0.555. The number of nitrogens with zero attached hydrogens (tertiary/aromatic N) is 5. The average Bonchev–Trinajstić information content (AvgIpc) is 3.47. The number of carbonyl (C=O) groups excluding carboxylic acids is 1. The van der Waals surface area contributed by atoms with Crippen molar-refractivity contribution in [3.8, 4) is 11.4 Å². The number of pyridine rings is 1. The molecule has 216 valence electrons. The van der Waals surface area contributed by atoms with Crippen LogP contribution in [-0.2, 0) is 16.1 Å². The second-order valence-electron chi connectivity index (χ2n) is 9.32. The van der Waals surface area contributed by atoms with Crippen molar-refractivity contribution in [3.05, 3.63) is 64.2 Å². The topological polar surface area (TPSA) is 147 Å². The molecule has 0 unspecified atom stereocenters. The number of aromatic nitrogens is 5. The first kappa shape index (κ1) is 29.0. The number of aliphatic hydroxyl groups excluding tert-OH is 2. The lowest BCUT2D eigenvalue weighted by molar-refractivity contribution is -0.149. The molecule has 4 aromatic rings. The molecule has 1 amide bonds. The van der Waals surface area contributed by atoms with Gasteiger partial charge in [-0.1, -0.05) is 40.9 Å². The standard InChI is InChI=1S/C25H22Cl2F3N7O4/c1-11-2-3-15(27)12(4-11)7-32-21-16-22(36-20(35-21)13-5-14(26)8-31-6-13)37(10-34-16)24-18(39)17(38)19(41-24)23(40)33-9-25(28,29)30/h2-6,8,10,17-19,24,38-39H,7,9H2,1H3,(H,33,40)(H,32,35,36)/t17-,18+,19-,24+/m0/s1. The van der Waals surface area contributed by atoms with Gasteiger partial charge in [0.15, 0.2) is 35.1 Å². The zero-order chi connectivity index (χ0) is 29.5. The number of benzene rings is 1. The number of hydrogen-bond acceptors (Lipinski definition) is 9. The lowest BCUT2D eigenvalue weighted by Gasteiger charge is -2.17. The first-order chi connectivity index (χ1) is 19.4. The molecule has 4 heterocycles. The lowest BCUT2D eigenvalue weighted by Crippen LogP contribution is -2.45. The summed E-state index contributed by atoms with van der Waals surface area (Å²) < 4.78 is 44.6. The van der Waals surface area contributed by atoms with E-state index in [9.17, 15) is 28.2 Å². The highest BCUT2D eigenvalue weighted by molar-refractivity contribution is 6.31. The summed E-state index contributed by atoms with van der Waals surface area (Å²) in [5, 5.41) is 26.9. The number of rotatable bonds is 7. The number of aryl methyl sites for hydroxylation is 1. The van der Waals surface area contributed by atoms with Crippen LogP contribution in [0.3, 0.4) is 0 Å². The van der Waals surface area contributed by atoms with Crippen molar-refractivity contribution in [3.63, 3.8) is 0 Å². The third kappa shape index (κ3) is 6.21. The van der Waals surface area contributed by atoms with E-state index >= 15 is 0 Å². The Morgan fingerprint density at radius 2 is 1.93 bits per heavy atom. The van der Waals surface area contributed by atoms with Crippen LogP contribution < -0.4 is 10.6 Å². The Kier molecular flexibility index (Phi) is 8.03. The fraction of sp³-hybridized carbons (Fsp3) is 0.320. The molecule has 0 saturated carbocycles. The number of aliphatic hydroxyl groups is 2.